The van der Waals surface area contributed by atoms with E-state index in [-0.39, 0.29) is 12.1 Å². The van der Waals surface area contributed by atoms with Crippen LogP contribution >= 0.6 is 7.75 Å². The van der Waals surface area contributed by atoms with Crippen LogP contribution < -0.4 is 5.09 Å². The van der Waals surface area contributed by atoms with Crippen LogP contribution in [0.15, 0.2) is 36.5 Å². The van der Waals surface area contributed by atoms with Crippen molar-refractivity contribution >= 4 is 18.6 Å². The van der Waals surface area contributed by atoms with Gasteiger partial charge in [-0.15, -0.1) is 0 Å². The molecule has 6 nitrogen and oxygen atoms in total. The summed E-state index contributed by atoms with van der Waals surface area (Å²) in [6.07, 6.45) is 2.16. The van der Waals surface area contributed by atoms with Gasteiger partial charge < -0.3 is 14.2 Å². The van der Waals surface area contributed by atoms with Gasteiger partial charge in [-0.3, -0.25) is 4.52 Å². The number of nitrogens with one attached hydrogen (secondary N) is 1. The van der Waals surface area contributed by atoms with Gasteiger partial charge in [0.25, 0.3) is 0 Å². The number of ether oxygens (including phenoxy) is 1. The second kappa shape index (κ2) is 8.62. The Morgan fingerprint density at radius 2 is 1.87 bits per heavy atom. The number of para-hydroxylation sites is 1. The molecule has 0 aliphatic heterocycles. The number of hydrogen-bond acceptors (Lipinski definition) is 3. The van der Waals surface area contributed by atoms with E-state index in [1.807, 2.05) is 0 Å². The Balaban J connectivity index is 0.000000241. The fraction of sp³-hybridized carbons (Fsp3) is 0.500. The maximum absolute atomic E-state index is 10.6. The number of fused-ring (bicyclic) bond motifs is 1. The number of nitrogens with zero attached hydrogens (tertiary/aromatic N) is 1. The molecule has 1 aromatic heterocycles. The first kappa shape index (κ1) is 19.9. The normalized spacial score (nSPS) is 14.2. The van der Waals surface area contributed by atoms with Gasteiger partial charge >= 0.3 is 7.75 Å². The van der Waals surface area contributed by atoms with Crippen molar-refractivity contribution in [2.24, 2.45) is 0 Å². The molecule has 0 bridgehead atoms. The van der Waals surface area contributed by atoms with Crippen LogP contribution in [-0.2, 0) is 19.4 Å². The minimum absolute atomic E-state index is 0.116. The zero-order valence-electron chi connectivity index (χ0n) is 14.4. The molecular weight excluding hydrogens is 315 g/mol. The van der Waals surface area contributed by atoms with Gasteiger partial charge in [-0.1, -0.05) is 18.2 Å². The van der Waals surface area contributed by atoms with E-state index in [0.29, 0.717) is 6.61 Å². The summed E-state index contributed by atoms with van der Waals surface area (Å²) in [5, 5.41) is 3.45. The summed E-state index contributed by atoms with van der Waals surface area (Å²) in [5.41, 5.74) is 1.48. The number of rotatable bonds is 5. The largest absolute Gasteiger partial charge is 0.402 e. The molecule has 0 aliphatic carbocycles. The third-order valence-electron chi connectivity index (χ3n) is 3.16. The van der Waals surface area contributed by atoms with Gasteiger partial charge in [-0.05, 0) is 45.3 Å². The Bertz CT molecular complexity index is 649. The van der Waals surface area contributed by atoms with E-state index < -0.39 is 7.75 Å². The highest BCUT2D eigenvalue weighted by atomic mass is 31.2. The van der Waals surface area contributed by atoms with E-state index in [2.05, 4.69) is 76.2 Å². The van der Waals surface area contributed by atoms with Crippen molar-refractivity contribution in [3.63, 3.8) is 0 Å². The van der Waals surface area contributed by atoms with Crippen LogP contribution in [0.4, 0.5) is 0 Å². The first-order chi connectivity index (χ1) is 10.7. The summed E-state index contributed by atoms with van der Waals surface area (Å²) >= 11 is 0. The highest BCUT2D eigenvalue weighted by Crippen LogP contribution is 2.34. The van der Waals surface area contributed by atoms with Crippen LogP contribution in [0.5, 0.6) is 0 Å². The van der Waals surface area contributed by atoms with Gasteiger partial charge in [0.1, 0.15) is 0 Å². The highest BCUT2D eigenvalue weighted by molar-refractivity contribution is 7.50. The summed E-state index contributed by atoms with van der Waals surface area (Å²) in [6, 6.07) is 10.7. The van der Waals surface area contributed by atoms with Gasteiger partial charge in [0, 0.05) is 24.4 Å². The molecule has 0 amide bonds. The van der Waals surface area contributed by atoms with Crippen LogP contribution in [0.2, 0.25) is 0 Å². The van der Waals surface area contributed by atoms with E-state index in [1.165, 1.54) is 25.1 Å². The van der Waals surface area contributed by atoms with E-state index in [0.717, 1.165) is 0 Å². The van der Waals surface area contributed by atoms with Gasteiger partial charge in [0.2, 0.25) is 0 Å². The monoisotopic (exact) mass is 342 g/mol. The average molecular weight is 342 g/mol. The lowest BCUT2D eigenvalue weighted by Gasteiger charge is -2.22. The van der Waals surface area contributed by atoms with Crippen LogP contribution in [0.25, 0.3) is 10.9 Å². The van der Waals surface area contributed by atoms with E-state index >= 15 is 0 Å². The van der Waals surface area contributed by atoms with Crippen LogP contribution in [0.1, 0.15) is 20.8 Å². The van der Waals surface area contributed by atoms with E-state index in [9.17, 15) is 4.57 Å². The van der Waals surface area contributed by atoms with Crippen LogP contribution in [0, 0.1) is 0 Å². The van der Waals surface area contributed by atoms with Crippen LogP contribution in [0.3, 0.4) is 0 Å². The van der Waals surface area contributed by atoms with Gasteiger partial charge in [0.15, 0.2) is 0 Å². The summed E-state index contributed by atoms with van der Waals surface area (Å²) in [4.78, 5) is 8.72. The summed E-state index contributed by atoms with van der Waals surface area (Å²) in [5.74, 6) is 0. The van der Waals surface area contributed by atoms with Crippen molar-refractivity contribution < 1.29 is 18.7 Å². The molecule has 1 heterocycles. The summed E-state index contributed by atoms with van der Waals surface area (Å²) in [6.45, 7) is 7.09. The molecular formula is C16H27N2O4P. The molecule has 1 aromatic carbocycles. The molecule has 0 fully saturated rings. The third kappa shape index (κ3) is 6.45. The molecule has 0 spiro atoms. The molecule has 1 unspecified atom stereocenters. The SMILES string of the molecule is CC(C)(C)n1ccc2ccccc21.CNP(=O)(O)OCCOC. The summed E-state index contributed by atoms with van der Waals surface area (Å²) < 4.78 is 22.0. The van der Waals surface area contributed by atoms with Crippen LogP contribution in [-0.4, -0.2) is 36.8 Å². The Labute approximate surface area is 138 Å². The number of benzene rings is 1. The zero-order valence-corrected chi connectivity index (χ0v) is 15.3. The second-order valence-corrected chi connectivity index (χ2v) is 7.73. The Kier molecular flexibility index (Phi) is 7.45. The molecule has 130 valence electrons. The smallest absolute Gasteiger partial charge is 0.382 e. The highest BCUT2D eigenvalue weighted by Gasteiger charge is 2.14. The predicted octanol–water partition coefficient (Wildman–Crippen LogP) is 3.37. The molecule has 23 heavy (non-hydrogen) atoms. The molecule has 2 N–H and O–H groups in total. The summed E-state index contributed by atoms with van der Waals surface area (Å²) in [7, 11) is -0.687. The first-order valence-corrected chi connectivity index (χ1v) is 9.01. The van der Waals surface area contributed by atoms with Gasteiger partial charge in [-0.2, -0.15) is 0 Å². The molecule has 0 radical (unpaired) electrons. The first-order valence-electron chi connectivity index (χ1n) is 7.43. The lowest BCUT2D eigenvalue weighted by Crippen LogP contribution is -2.20. The maximum atomic E-state index is 10.6. The van der Waals surface area contributed by atoms with Crippen molar-refractivity contribution in [3.05, 3.63) is 36.5 Å². The second-order valence-electron chi connectivity index (χ2n) is 5.99. The number of methoxy groups -OCH3 is 1. The van der Waals surface area contributed by atoms with Crippen molar-refractivity contribution in [1.82, 2.24) is 9.65 Å². The Morgan fingerprint density at radius 3 is 2.43 bits per heavy atom. The molecule has 2 aromatic rings. The number of aromatic nitrogens is 1. The molecule has 7 heteroatoms. The topological polar surface area (TPSA) is 72.7 Å². The van der Waals surface area contributed by atoms with Crippen molar-refractivity contribution in [2.75, 3.05) is 27.4 Å². The zero-order chi connectivity index (χ0) is 17.5. The molecule has 0 saturated heterocycles. The van der Waals surface area contributed by atoms with Crippen molar-refractivity contribution in [1.29, 1.82) is 0 Å². The minimum atomic E-state index is -3.53. The van der Waals surface area contributed by atoms with Gasteiger partial charge in [-0.25, -0.2) is 9.65 Å². The average Bonchev–Trinajstić information content (AvgIpc) is 2.92. The fourth-order valence-electron chi connectivity index (χ4n) is 1.98. The lowest BCUT2D eigenvalue weighted by atomic mass is 10.1. The quantitative estimate of drug-likeness (QED) is 0.644. The standard InChI is InChI=1S/C12H15N.C4H12NO4P/c1-12(2,3)13-9-8-10-6-4-5-7-11(10)13;1-5-10(6,7)9-4-3-8-2/h4-9H,1-3H3;3-4H2,1-2H3,(H2,5,6,7). The van der Waals surface area contributed by atoms with Crippen molar-refractivity contribution in [2.45, 2.75) is 26.3 Å². The number of hydrogen-bond donors (Lipinski definition) is 2. The third-order valence-corrected chi connectivity index (χ3v) is 4.26. The Hall–Kier alpha value is -1.17. The predicted molar refractivity (Wildman–Crippen MR) is 93.6 cm³/mol. The van der Waals surface area contributed by atoms with E-state index in [1.54, 1.807) is 0 Å². The van der Waals surface area contributed by atoms with Gasteiger partial charge in [0.05, 0.1) is 13.2 Å². The fourth-order valence-corrected chi connectivity index (χ4v) is 2.43. The van der Waals surface area contributed by atoms with Crippen molar-refractivity contribution in [3.8, 4) is 0 Å². The Morgan fingerprint density at radius 1 is 1.22 bits per heavy atom. The molecule has 0 aliphatic rings. The molecule has 1 atom stereocenters. The molecule has 0 saturated carbocycles. The molecule has 2 rings (SSSR count). The maximum Gasteiger partial charge on any atom is 0.402 e. The lowest BCUT2D eigenvalue weighted by molar-refractivity contribution is 0.136. The van der Waals surface area contributed by atoms with E-state index in [4.69, 9.17) is 4.89 Å². The minimum Gasteiger partial charge on any atom is -0.382 e.